The van der Waals surface area contributed by atoms with Crippen molar-refractivity contribution in [1.29, 1.82) is 0 Å². The van der Waals surface area contributed by atoms with Gasteiger partial charge in [-0.15, -0.1) is 0 Å². The molecule has 0 saturated heterocycles. The van der Waals surface area contributed by atoms with E-state index >= 15 is 0 Å². The highest BCUT2D eigenvalue weighted by atomic mass is 35.5. The van der Waals surface area contributed by atoms with Crippen LogP contribution in [-0.2, 0) is 6.54 Å². The van der Waals surface area contributed by atoms with Gasteiger partial charge in [0.05, 0.1) is 5.69 Å². The zero-order valence-electron chi connectivity index (χ0n) is 15.8. The molecule has 3 rings (SSSR count). The van der Waals surface area contributed by atoms with Crippen molar-refractivity contribution in [3.8, 4) is 5.69 Å². The van der Waals surface area contributed by atoms with Gasteiger partial charge in [0.25, 0.3) is 0 Å². The summed E-state index contributed by atoms with van der Waals surface area (Å²) in [5.74, 6) is 0. The molecular weight excluding hydrogens is 392 g/mol. The second kappa shape index (κ2) is 10.4. The monoisotopic (exact) mass is 414 g/mol. The largest absolute Gasteiger partial charge is 0.405 e. The van der Waals surface area contributed by atoms with Crippen molar-refractivity contribution in [2.45, 2.75) is 13.5 Å². The predicted octanol–water partition coefficient (Wildman–Crippen LogP) is 4.15. The normalized spacial score (nSPS) is 9.82. The molecule has 28 heavy (non-hydrogen) atoms. The van der Waals surface area contributed by atoms with Crippen molar-refractivity contribution in [2.24, 2.45) is 5.73 Å². The van der Waals surface area contributed by atoms with Crippen molar-refractivity contribution >= 4 is 34.6 Å². The first-order valence-electron chi connectivity index (χ1n) is 8.49. The molecule has 8 heteroatoms. The van der Waals surface area contributed by atoms with Crippen LogP contribution < -0.4 is 11.1 Å². The zero-order chi connectivity index (χ0) is 20.5. The van der Waals surface area contributed by atoms with Crippen molar-refractivity contribution in [3.63, 3.8) is 0 Å². The Balaban J connectivity index is 0.000000878. The highest BCUT2D eigenvalue weighted by molar-refractivity contribution is 7.80. The van der Waals surface area contributed by atoms with Gasteiger partial charge in [0.1, 0.15) is 12.7 Å². The number of hydrogen-bond donors (Lipinski definition) is 2. The molecule has 0 spiro atoms. The Hall–Kier alpha value is -2.90. The number of halogens is 1. The van der Waals surface area contributed by atoms with Gasteiger partial charge in [-0.25, -0.2) is 9.67 Å². The summed E-state index contributed by atoms with van der Waals surface area (Å²) in [6.45, 7) is 5.81. The van der Waals surface area contributed by atoms with Crippen LogP contribution in [0, 0.1) is 6.92 Å². The molecule has 0 amide bonds. The second-order valence-electron chi connectivity index (χ2n) is 5.99. The maximum atomic E-state index is 6.16. The Kier molecular flexibility index (Phi) is 7.98. The highest BCUT2D eigenvalue weighted by Crippen LogP contribution is 2.20. The molecule has 0 aliphatic rings. The van der Waals surface area contributed by atoms with Gasteiger partial charge in [0.15, 0.2) is 5.11 Å². The summed E-state index contributed by atoms with van der Waals surface area (Å²) in [4.78, 5) is 5.93. The molecule has 1 heterocycles. The van der Waals surface area contributed by atoms with E-state index in [-0.39, 0.29) is 0 Å². The fourth-order valence-corrected chi connectivity index (χ4v) is 2.69. The minimum absolute atomic E-state index is 0.639. The topological polar surface area (TPSA) is 72.0 Å². The number of anilines is 1. The van der Waals surface area contributed by atoms with E-state index < -0.39 is 0 Å². The number of hydrogen-bond acceptors (Lipinski definition) is 4. The number of nitrogens with zero attached hydrogens (tertiary/aromatic N) is 4. The smallest absolute Gasteiger partial charge is 0.173 e. The molecule has 0 bridgehead atoms. The molecule has 0 radical (unpaired) electrons. The minimum Gasteiger partial charge on any atom is -0.405 e. The summed E-state index contributed by atoms with van der Waals surface area (Å²) >= 11 is 11.6. The van der Waals surface area contributed by atoms with Crippen LogP contribution >= 0.6 is 23.8 Å². The quantitative estimate of drug-likeness (QED) is 0.625. The van der Waals surface area contributed by atoms with E-state index in [1.165, 1.54) is 12.5 Å². The fraction of sp³-hybridized carbons (Fsp3) is 0.150. The number of aromatic nitrogens is 3. The minimum atomic E-state index is 0.639. The van der Waals surface area contributed by atoms with Crippen LogP contribution in [0.15, 0.2) is 67.9 Å². The third-order valence-electron chi connectivity index (χ3n) is 3.81. The number of thiocarbonyl (C=S) groups is 1. The fourth-order valence-electron chi connectivity index (χ4n) is 2.33. The standard InChI is InChI=1S/C18H18ClN5S.C2H5N/c1-13-3-6-15(9-17(13)19)22-18(25)23(2)10-14-4-7-16(8-5-14)24-12-20-11-21-24;1-2-3/h3-9,11-12H,10H2,1-2H3,(H,22,25);2H,1,3H2. The van der Waals surface area contributed by atoms with E-state index in [9.17, 15) is 0 Å². The van der Waals surface area contributed by atoms with Crippen LogP contribution in [0.3, 0.4) is 0 Å². The number of benzene rings is 2. The van der Waals surface area contributed by atoms with Crippen molar-refractivity contribution in [3.05, 3.63) is 84.0 Å². The lowest BCUT2D eigenvalue weighted by Gasteiger charge is -2.21. The Bertz CT molecular complexity index is 909. The summed E-state index contributed by atoms with van der Waals surface area (Å²) in [6.07, 6.45) is 4.44. The van der Waals surface area contributed by atoms with E-state index in [0.29, 0.717) is 11.7 Å². The van der Waals surface area contributed by atoms with E-state index in [1.807, 2.05) is 49.2 Å². The van der Waals surface area contributed by atoms with Crippen LogP contribution in [0.2, 0.25) is 5.02 Å². The molecule has 0 unspecified atom stereocenters. The lowest BCUT2D eigenvalue weighted by atomic mass is 10.2. The lowest BCUT2D eigenvalue weighted by Crippen LogP contribution is -2.30. The van der Waals surface area contributed by atoms with Crippen molar-refractivity contribution < 1.29 is 0 Å². The Morgan fingerprint density at radius 1 is 1.32 bits per heavy atom. The third-order valence-corrected chi connectivity index (χ3v) is 4.63. The molecule has 0 saturated carbocycles. The molecule has 0 aliphatic carbocycles. The van der Waals surface area contributed by atoms with Crippen LogP contribution in [0.1, 0.15) is 11.1 Å². The lowest BCUT2D eigenvalue weighted by molar-refractivity contribution is 0.508. The van der Waals surface area contributed by atoms with E-state index in [1.54, 1.807) is 11.0 Å². The van der Waals surface area contributed by atoms with Crippen LogP contribution in [-0.4, -0.2) is 31.8 Å². The molecular formula is C20H23ClN6S. The Morgan fingerprint density at radius 2 is 2.00 bits per heavy atom. The van der Waals surface area contributed by atoms with E-state index in [4.69, 9.17) is 23.8 Å². The summed E-state index contributed by atoms with van der Waals surface area (Å²) < 4.78 is 1.72. The maximum absolute atomic E-state index is 6.16. The maximum Gasteiger partial charge on any atom is 0.173 e. The molecule has 3 aromatic rings. The first-order valence-corrected chi connectivity index (χ1v) is 9.28. The molecule has 6 nitrogen and oxygen atoms in total. The van der Waals surface area contributed by atoms with Crippen molar-refractivity contribution in [1.82, 2.24) is 19.7 Å². The molecule has 146 valence electrons. The van der Waals surface area contributed by atoms with Gasteiger partial charge < -0.3 is 16.0 Å². The van der Waals surface area contributed by atoms with Crippen LogP contribution in [0.25, 0.3) is 5.69 Å². The molecule has 1 aromatic heterocycles. The van der Waals surface area contributed by atoms with Gasteiger partial charge in [0.2, 0.25) is 0 Å². The number of aryl methyl sites for hydroxylation is 1. The SMILES string of the molecule is C=CN.Cc1ccc(NC(=S)N(C)Cc2ccc(-n3cncn3)cc2)cc1Cl. The number of rotatable bonds is 4. The molecule has 3 N–H and O–H groups in total. The molecule has 2 aromatic carbocycles. The second-order valence-corrected chi connectivity index (χ2v) is 6.79. The Labute approximate surface area is 175 Å². The average molecular weight is 415 g/mol. The van der Waals surface area contributed by atoms with Crippen molar-refractivity contribution in [2.75, 3.05) is 12.4 Å². The summed E-state index contributed by atoms with van der Waals surface area (Å²) in [7, 11) is 1.95. The van der Waals surface area contributed by atoms with E-state index in [0.717, 1.165) is 27.5 Å². The summed E-state index contributed by atoms with van der Waals surface area (Å²) in [5, 5.41) is 8.69. The molecule has 0 fully saturated rings. The number of nitrogens with two attached hydrogens (primary N) is 1. The van der Waals surface area contributed by atoms with Gasteiger partial charge >= 0.3 is 0 Å². The third kappa shape index (κ3) is 6.07. The first kappa shape index (κ1) is 21.4. The Morgan fingerprint density at radius 3 is 2.57 bits per heavy atom. The van der Waals surface area contributed by atoms with Gasteiger partial charge in [0, 0.05) is 24.3 Å². The van der Waals surface area contributed by atoms with Crippen LogP contribution in [0.5, 0.6) is 0 Å². The zero-order valence-corrected chi connectivity index (χ0v) is 17.4. The summed E-state index contributed by atoms with van der Waals surface area (Å²) in [6, 6.07) is 13.9. The van der Waals surface area contributed by atoms with E-state index in [2.05, 4.69) is 39.8 Å². The average Bonchev–Trinajstić information content (AvgIpc) is 3.21. The predicted molar refractivity (Wildman–Crippen MR) is 120 cm³/mol. The van der Waals surface area contributed by atoms with Gasteiger partial charge in [-0.1, -0.05) is 36.4 Å². The van der Waals surface area contributed by atoms with Gasteiger partial charge in [-0.3, -0.25) is 0 Å². The molecule has 0 atom stereocenters. The first-order chi connectivity index (χ1) is 13.4. The molecule has 0 aliphatic heterocycles. The van der Waals surface area contributed by atoms with Gasteiger partial charge in [-0.05, 0) is 60.7 Å². The van der Waals surface area contributed by atoms with Gasteiger partial charge in [-0.2, -0.15) is 5.10 Å². The summed E-state index contributed by atoms with van der Waals surface area (Å²) in [5.41, 5.74) is 8.66. The van der Waals surface area contributed by atoms with Crippen LogP contribution in [0.4, 0.5) is 5.69 Å². The number of nitrogens with one attached hydrogen (secondary N) is 1. The highest BCUT2D eigenvalue weighted by Gasteiger charge is 2.07.